The quantitative estimate of drug-likeness (QED) is 0.698. The third kappa shape index (κ3) is 3.44. The average Bonchev–Trinajstić information content (AvgIpc) is 3.25. The van der Waals surface area contributed by atoms with Gasteiger partial charge in [-0.3, -0.25) is 14.6 Å². The number of amides is 1. The van der Waals surface area contributed by atoms with Crippen molar-refractivity contribution in [3.8, 4) is 0 Å². The van der Waals surface area contributed by atoms with Crippen molar-refractivity contribution < 1.29 is 9.90 Å². The Kier molecular flexibility index (Phi) is 4.24. The number of carbonyl (C=O) groups is 1. The van der Waals surface area contributed by atoms with Crippen molar-refractivity contribution in [1.82, 2.24) is 24.9 Å². The van der Waals surface area contributed by atoms with Crippen LogP contribution < -0.4 is 0 Å². The zero-order valence-electron chi connectivity index (χ0n) is 16.9. The van der Waals surface area contributed by atoms with Gasteiger partial charge in [-0.2, -0.15) is 10.2 Å². The van der Waals surface area contributed by atoms with Crippen molar-refractivity contribution in [2.45, 2.75) is 70.2 Å². The first kappa shape index (κ1) is 18.4. The lowest BCUT2D eigenvalue weighted by atomic mass is 9.91. The fraction of sp³-hybridized carbons (Fsp3) is 0.500. The van der Waals surface area contributed by atoms with Gasteiger partial charge >= 0.3 is 0 Å². The summed E-state index contributed by atoms with van der Waals surface area (Å²) in [6, 6.07) is 6.33. The molecule has 0 bridgehead atoms. The van der Waals surface area contributed by atoms with Gasteiger partial charge in [0.25, 0.3) is 5.91 Å². The molecule has 1 atom stereocenters. The number of nitrogens with one attached hydrogen (secondary N) is 1. The third-order valence-electron chi connectivity index (χ3n) is 6.01. The molecule has 1 aromatic carbocycles. The van der Waals surface area contributed by atoms with Gasteiger partial charge in [-0.05, 0) is 63.6 Å². The molecule has 1 fully saturated rings. The molecule has 2 aromatic heterocycles. The molecule has 0 saturated heterocycles. The molecular weight excluding hydrogens is 366 g/mol. The maximum atomic E-state index is 13.7. The molecule has 0 spiro atoms. The number of aromatic amines is 1. The van der Waals surface area contributed by atoms with Gasteiger partial charge < -0.3 is 10.0 Å². The highest BCUT2D eigenvalue weighted by atomic mass is 16.3. The lowest BCUT2D eigenvalue weighted by Crippen LogP contribution is -2.44. The van der Waals surface area contributed by atoms with E-state index in [4.69, 9.17) is 0 Å². The number of benzene rings is 1. The third-order valence-corrected chi connectivity index (χ3v) is 6.01. The van der Waals surface area contributed by atoms with Gasteiger partial charge in [0.05, 0.1) is 35.6 Å². The van der Waals surface area contributed by atoms with Crippen molar-refractivity contribution in [1.29, 1.82) is 0 Å². The summed E-state index contributed by atoms with van der Waals surface area (Å²) in [6.07, 6.45) is 8.58. The van der Waals surface area contributed by atoms with E-state index < -0.39 is 5.60 Å². The summed E-state index contributed by atoms with van der Waals surface area (Å²) in [4.78, 5) is 15.8. The second-order valence-electron chi connectivity index (χ2n) is 9.07. The van der Waals surface area contributed by atoms with Crippen molar-refractivity contribution in [2.75, 3.05) is 0 Å². The molecule has 0 aliphatic heterocycles. The molecule has 29 heavy (non-hydrogen) atoms. The number of hydrogen-bond acceptors (Lipinski definition) is 4. The van der Waals surface area contributed by atoms with Crippen LogP contribution in [0.5, 0.6) is 0 Å². The molecule has 5 rings (SSSR count). The second-order valence-corrected chi connectivity index (χ2v) is 9.07. The minimum Gasteiger partial charge on any atom is -0.389 e. The molecule has 2 N–H and O–H groups in total. The van der Waals surface area contributed by atoms with Gasteiger partial charge in [-0.15, -0.1) is 0 Å². The average molecular weight is 393 g/mol. The molecule has 7 nitrogen and oxygen atoms in total. The van der Waals surface area contributed by atoms with Crippen LogP contribution in [0, 0.1) is 0 Å². The molecule has 2 aliphatic carbocycles. The molecule has 152 valence electrons. The van der Waals surface area contributed by atoms with E-state index in [2.05, 4.69) is 20.2 Å². The standard InChI is InChI=1S/C22H27N5O2/c1-22(2,29)13-26-20-5-3-4-17(18(20)12-24-26)21(28)27(15-6-7-15)16-8-9-19-14(10-16)11-23-25-19/h3-5,11-12,15-16,29H,6-10,13H2,1-2H3,(H,23,25). The number of aliphatic hydroxyl groups is 1. The predicted octanol–water partition coefficient (Wildman–Crippen LogP) is 2.69. The molecular formula is C22H27N5O2. The number of hydrogen-bond donors (Lipinski definition) is 2. The monoisotopic (exact) mass is 393 g/mol. The molecule has 1 amide bonds. The smallest absolute Gasteiger partial charge is 0.255 e. The summed E-state index contributed by atoms with van der Waals surface area (Å²) in [5.74, 6) is 0.0952. The Morgan fingerprint density at radius 1 is 1.28 bits per heavy atom. The highest BCUT2D eigenvalue weighted by molar-refractivity contribution is 6.06. The summed E-state index contributed by atoms with van der Waals surface area (Å²) in [5.41, 5.74) is 3.16. The summed E-state index contributed by atoms with van der Waals surface area (Å²) in [5, 5.41) is 22.7. The first-order chi connectivity index (χ1) is 13.9. The lowest BCUT2D eigenvalue weighted by Gasteiger charge is -2.34. The Labute approximate surface area is 169 Å². The Morgan fingerprint density at radius 2 is 2.10 bits per heavy atom. The Balaban J connectivity index is 1.48. The number of carbonyl (C=O) groups excluding carboxylic acids is 1. The van der Waals surface area contributed by atoms with Crippen molar-refractivity contribution in [2.24, 2.45) is 0 Å². The maximum Gasteiger partial charge on any atom is 0.255 e. The van der Waals surface area contributed by atoms with E-state index in [-0.39, 0.29) is 11.9 Å². The second kappa shape index (κ2) is 6.69. The molecule has 2 aliphatic rings. The van der Waals surface area contributed by atoms with Crippen LogP contribution in [0.15, 0.2) is 30.6 Å². The van der Waals surface area contributed by atoms with Crippen LogP contribution >= 0.6 is 0 Å². The van der Waals surface area contributed by atoms with Crippen LogP contribution in [0.3, 0.4) is 0 Å². The molecule has 1 unspecified atom stereocenters. The molecule has 3 aromatic rings. The highest BCUT2D eigenvalue weighted by Gasteiger charge is 2.39. The molecule has 1 saturated carbocycles. The van der Waals surface area contributed by atoms with Crippen LogP contribution in [0.4, 0.5) is 0 Å². The minimum atomic E-state index is -0.872. The van der Waals surface area contributed by atoms with Gasteiger partial charge in [0, 0.05) is 23.2 Å². The summed E-state index contributed by atoms with van der Waals surface area (Å²) >= 11 is 0. The number of rotatable bonds is 5. The fourth-order valence-electron chi connectivity index (χ4n) is 4.54. The molecule has 0 radical (unpaired) electrons. The van der Waals surface area contributed by atoms with E-state index in [9.17, 15) is 9.90 Å². The largest absolute Gasteiger partial charge is 0.389 e. The van der Waals surface area contributed by atoms with Gasteiger partial charge in [0.1, 0.15) is 0 Å². The zero-order chi connectivity index (χ0) is 20.2. The summed E-state index contributed by atoms with van der Waals surface area (Å²) in [6.45, 7) is 3.90. The van der Waals surface area contributed by atoms with E-state index in [1.54, 1.807) is 24.7 Å². The number of nitrogens with zero attached hydrogens (tertiary/aromatic N) is 4. The van der Waals surface area contributed by atoms with E-state index in [1.165, 1.54) is 11.3 Å². The van der Waals surface area contributed by atoms with E-state index >= 15 is 0 Å². The summed E-state index contributed by atoms with van der Waals surface area (Å²) < 4.78 is 1.78. The normalized spacial score (nSPS) is 19.3. The molecule has 2 heterocycles. The van der Waals surface area contributed by atoms with Crippen LogP contribution in [-0.2, 0) is 19.4 Å². The van der Waals surface area contributed by atoms with Gasteiger partial charge in [0.2, 0.25) is 0 Å². The van der Waals surface area contributed by atoms with Crippen molar-refractivity contribution >= 4 is 16.8 Å². The topological polar surface area (TPSA) is 87.0 Å². The SMILES string of the molecule is CC(C)(O)Cn1ncc2c(C(=O)N(C3CC3)C3CCc4[nH]ncc4C3)cccc21. The number of aryl methyl sites for hydroxylation is 1. The first-order valence-electron chi connectivity index (χ1n) is 10.4. The van der Waals surface area contributed by atoms with Crippen molar-refractivity contribution in [3.63, 3.8) is 0 Å². The van der Waals surface area contributed by atoms with Crippen LogP contribution in [0.1, 0.15) is 54.7 Å². The van der Waals surface area contributed by atoms with E-state index in [1.807, 2.05) is 24.4 Å². The Bertz CT molecular complexity index is 1060. The zero-order valence-corrected chi connectivity index (χ0v) is 16.9. The fourth-order valence-corrected chi connectivity index (χ4v) is 4.54. The van der Waals surface area contributed by atoms with Gasteiger partial charge in [-0.1, -0.05) is 6.07 Å². The lowest BCUT2D eigenvalue weighted by molar-refractivity contribution is 0.0591. The van der Waals surface area contributed by atoms with Crippen LogP contribution in [0.2, 0.25) is 0 Å². The number of aromatic nitrogens is 4. The minimum absolute atomic E-state index is 0.0952. The van der Waals surface area contributed by atoms with Crippen LogP contribution in [-0.4, -0.2) is 53.6 Å². The Morgan fingerprint density at radius 3 is 2.86 bits per heavy atom. The first-order valence-corrected chi connectivity index (χ1v) is 10.4. The van der Waals surface area contributed by atoms with E-state index in [0.29, 0.717) is 18.2 Å². The predicted molar refractivity (Wildman–Crippen MR) is 110 cm³/mol. The van der Waals surface area contributed by atoms with E-state index in [0.717, 1.165) is 43.0 Å². The van der Waals surface area contributed by atoms with Crippen molar-refractivity contribution in [3.05, 3.63) is 47.4 Å². The van der Waals surface area contributed by atoms with Gasteiger partial charge in [-0.25, -0.2) is 0 Å². The summed E-state index contributed by atoms with van der Waals surface area (Å²) in [7, 11) is 0. The number of fused-ring (bicyclic) bond motifs is 2. The highest BCUT2D eigenvalue weighted by Crippen LogP contribution is 2.35. The van der Waals surface area contributed by atoms with Crippen LogP contribution in [0.25, 0.3) is 10.9 Å². The number of H-pyrrole nitrogens is 1. The van der Waals surface area contributed by atoms with Gasteiger partial charge in [0.15, 0.2) is 0 Å². The molecule has 7 heteroatoms. The Hall–Kier alpha value is -2.67. The maximum absolute atomic E-state index is 13.7.